The Labute approximate surface area is 68.2 Å². The SMILES string of the molecule is CC.CN1CCCOC1=S. The molecule has 60 valence electrons. The van der Waals surface area contributed by atoms with E-state index in [0.29, 0.717) is 5.17 Å². The van der Waals surface area contributed by atoms with Gasteiger partial charge in [0.05, 0.1) is 6.61 Å². The summed E-state index contributed by atoms with van der Waals surface area (Å²) in [5, 5.41) is 0.635. The van der Waals surface area contributed by atoms with Gasteiger partial charge < -0.3 is 9.64 Å². The average Bonchev–Trinajstić information content (AvgIpc) is 2.00. The van der Waals surface area contributed by atoms with Crippen LogP contribution in [0.15, 0.2) is 0 Å². The average molecular weight is 161 g/mol. The normalized spacial score (nSPS) is 17.1. The van der Waals surface area contributed by atoms with Gasteiger partial charge in [-0.05, 0) is 18.6 Å². The van der Waals surface area contributed by atoms with Crippen molar-refractivity contribution in [2.75, 3.05) is 20.2 Å². The summed E-state index contributed by atoms with van der Waals surface area (Å²) in [6.07, 6.45) is 1.09. The molecule has 1 heterocycles. The zero-order valence-corrected chi connectivity index (χ0v) is 7.70. The monoisotopic (exact) mass is 161 g/mol. The molecule has 1 aliphatic heterocycles. The third-order valence-electron chi connectivity index (χ3n) is 1.18. The molecule has 0 radical (unpaired) electrons. The third-order valence-corrected chi connectivity index (χ3v) is 1.60. The van der Waals surface area contributed by atoms with Crippen LogP contribution in [0.3, 0.4) is 0 Å². The molecule has 0 bridgehead atoms. The fourth-order valence-electron chi connectivity index (χ4n) is 0.663. The van der Waals surface area contributed by atoms with E-state index < -0.39 is 0 Å². The van der Waals surface area contributed by atoms with Crippen molar-refractivity contribution in [1.82, 2.24) is 4.90 Å². The van der Waals surface area contributed by atoms with E-state index in [0.717, 1.165) is 19.6 Å². The zero-order valence-electron chi connectivity index (χ0n) is 6.89. The molecule has 1 rings (SSSR count). The van der Waals surface area contributed by atoms with E-state index in [1.807, 2.05) is 25.8 Å². The lowest BCUT2D eigenvalue weighted by Gasteiger charge is -2.24. The minimum Gasteiger partial charge on any atom is -0.471 e. The number of hydrogen-bond acceptors (Lipinski definition) is 2. The highest BCUT2D eigenvalue weighted by Crippen LogP contribution is 2.00. The van der Waals surface area contributed by atoms with E-state index in [4.69, 9.17) is 17.0 Å². The Bertz CT molecular complexity index is 106. The highest BCUT2D eigenvalue weighted by Gasteiger charge is 2.09. The summed E-state index contributed by atoms with van der Waals surface area (Å²) in [5.41, 5.74) is 0. The van der Waals surface area contributed by atoms with Crippen LogP contribution >= 0.6 is 12.2 Å². The molecule has 0 unspecified atom stereocenters. The maximum absolute atomic E-state index is 5.05. The molecule has 0 saturated carbocycles. The lowest BCUT2D eigenvalue weighted by molar-refractivity contribution is 0.202. The summed E-state index contributed by atoms with van der Waals surface area (Å²) in [4.78, 5) is 1.94. The Morgan fingerprint density at radius 1 is 1.50 bits per heavy atom. The standard InChI is InChI=1S/C5H9NOS.C2H6/c1-6-3-2-4-7-5(6)8;1-2/h2-4H2,1H3;1-2H3. The topological polar surface area (TPSA) is 12.5 Å². The predicted octanol–water partition coefficient (Wildman–Crippen LogP) is 1.65. The van der Waals surface area contributed by atoms with E-state index in [-0.39, 0.29) is 0 Å². The summed E-state index contributed by atoms with van der Waals surface area (Å²) in [5.74, 6) is 0. The van der Waals surface area contributed by atoms with Crippen LogP contribution in [0.25, 0.3) is 0 Å². The maximum Gasteiger partial charge on any atom is 0.259 e. The quantitative estimate of drug-likeness (QED) is 0.501. The van der Waals surface area contributed by atoms with Crippen molar-refractivity contribution in [3.05, 3.63) is 0 Å². The number of thiocarbonyl (C=S) groups is 1. The zero-order chi connectivity index (χ0) is 7.98. The molecule has 0 N–H and O–H groups in total. The van der Waals surface area contributed by atoms with Gasteiger partial charge >= 0.3 is 0 Å². The van der Waals surface area contributed by atoms with Gasteiger partial charge in [-0.3, -0.25) is 0 Å². The molecular weight excluding hydrogens is 146 g/mol. The number of rotatable bonds is 0. The van der Waals surface area contributed by atoms with Crippen LogP contribution < -0.4 is 0 Å². The van der Waals surface area contributed by atoms with Crippen molar-refractivity contribution < 1.29 is 4.74 Å². The Hall–Kier alpha value is -0.310. The molecule has 0 atom stereocenters. The molecule has 1 saturated heterocycles. The summed E-state index contributed by atoms with van der Waals surface area (Å²) >= 11 is 4.83. The van der Waals surface area contributed by atoms with Gasteiger partial charge in [-0.25, -0.2) is 0 Å². The summed E-state index contributed by atoms with van der Waals surface area (Å²) in [7, 11) is 1.95. The molecule has 0 spiro atoms. The lowest BCUT2D eigenvalue weighted by Crippen LogP contribution is -2.33. The fraction of sp³-hybridized carbons (Fsp3) is 0.857. The highest BCUT2D eigenvalue weighted by atomic mass is 32.1. The fourth-order valence-corrected chi connectivity index (χ4v) is 0.837. The molecule has 1 aliphatic rings. The molecule has 1 fully saturated rings. The second kappa shape index (κ2) is 5.47. The first-order chi connectivity index (χ1) is 4.80. The lowest BCUT2D eigenvalue weighted by atomic mass is 10.4. The number of nitrogens with zero attached hydrogens (tertiary/aromatic N) is 1. The van der Waals surface area contributed by atoms with Crippen molar-refractivity contribution >= 4 is 17.4 Å². The molecule has 0 aromatic rings. The minimum absolute atomic E-state index is 0.635. The van der Waals surface area contributed by atoms with Gasteiger partial charge in [-0.15, -0.1) is 0 Å². The summed E-state index contributed by atoms with van der Waals surface area (Å²) < 4.78 is 5.05. The second-order valence-electron chi connectivity index (χ2n) is 1.89. The minimum atomic E-state index is 0.635. The Morgan fingerprint density at radius 3 is 2.40 bits per heavy atom. The van der Waals surface area contributed by atoms with Gasteiger partial charge in [-0.1, -0.05) is 13.8 Å². The molecule has 0 amide bonds. The van der Waals surface area contributed by atoms with Gasteiger partial charge in [-0.2, -0.15) is 0 Å². The molecular formula is C7H15NOS. The maximum atomic E-state index is 5.05. The molecule has 0 aliphatic carbocycles. The van der Waals surface area contributed by atoms with E-state index in [1.165, 1.54) is 0 Å². The highest BCUT2D eigenvalue weighted by molar-refractivity contribution is 7.80. The van der Waals surface area contributed by atoms with Crippen LogP contribution in [-0.4, -0.2) is 30.3 Å². The Kier molecular flexibility index (Phi) is 5.30. The first-order valence-corrected chi connectivity index (χ1v) is 4.09. The predicted molar refractivity (Wildman–Crippen MR) is 47.1 cm³/mol. The smallest absolute Gasteiger partial charge is 0.259 e. The van der Waals surface area contributed by atoms with E-state index in [1.54, 1.807) is 0 Å². The van der Waals surface area contributed by atoms with Crippen LogP contribution in [0.1, 0.15) is 20.3 Å². The Balaban J connectivity index is 0.000000371. The van der Waals surface area contributed by atoms with Crippen LogP contribution in [0.2, 0.25) is 0 Å². The van der Waals surface area contributed by atoms with Gasteiger partial charge in [0.2, 0.25) is 0 Å². The molecule has 0 aromatic carbocycles. The first kappa shape index (κ1) is 9.69. The van der Waals surface area contributed by atoms with Crippen molar-refractivity contribution in [1.29, 1.82) is 0 Å². The van der Waals surface area contributed by atoms with Crippen molar-refractivity contribution in [2.45, 2.75) is 20.3 Å². The largest absolute Gasteiger partial charge is 0.471 e. The van der Waals surface area contributed by atoms with Crippen LogP contribution in [-0.2, 0) is 4.74 Å². The first-order valence-electron chi connectivity index (χ1n) is 3.68. The van der Waals surface area contributed by atoms with Crippen molar-refractivity contribution in [3.8, 4) is 0 Å². The molecule has 3 heteroatoms. The van der Waals surface area contributed by atoms with E-state index in [9.17, 15) is 0 Å². The Morgan fingerprint density at radius 2 is 2.10 bits per heavy atom. The summed E-state index contributed by atoms with van der Waals surface area (Å²) in [6.45, 7) is 5.84. The number of hydrogen-bond donors (Lipinski definition) is 0. The van der Waals surface area contributed by atoms with E-state index >= 15 is 0 Å². The van der Waals surface area contributed by atoms with Gasteiger partial charge in [0, 0.05) is 13.6 Å². The third kappa shape index (κ3) is 3.01. The van der Waals surface area contributed by atoms with E-state index in [2.05, 4.69) is 0 Å². The summed E-state index contributed by atoms with van der Waals surface area (Å²) in [6, 6.07) is 0. The van der Waals surface area contributed by atoms with Crippen LogP contribution in [0, 0.1) is 0 Å². The van der Waals surface area contributed by atoms with Gasteiger partial charge in [0.15, 0.2) is 0 Å². The molecule has 0 aromatic heterocycles. The van der Waals surface area contributed by atoms with Gasteiger partial charge in [0.25, 0.3) is 5.17 Å². The molecule has 2 nitrogen and oxygen atoms in total. The van der Waals surface area contributed by atoms with Crippen molar-refractivity contribution in [2.24, 2.45) is 0 Å². The van der Waals surface area contributed by atoms with Crippen molar-refractivity contribution in [3.63, 3.8) is 0 Å². The second-order valence-corrected chi connectivity index (χ2v) is 2.24. The van der Waals surface area contributed by atoms with Crippen LogP contribution in [0.5, 0.6) is 0 Å². The number of ether oxygens (including phenoxy) is 1. The molecule has 10 heavy (non-hydrogen) atoms. The van der Waals surface area contributed by atoms with Crippen LogP contribution in [0.4, 0.5) is 0 Å². The van der Waals surface area contributed by atoms with Gasteiger partial charge in [0.1, 0.15) is 0 Å².